The third-order valence-electron chi connectivity index (χ3n) is 10.9. The van der Waals surface area contributed by atoms with Crippen LogP contribution < -0.4 is 29.1 Å². The molecule has 2 aromatic heterocycles. The number of halogens is 1. The highest BCUT2D eigenvalue weighted by Crippen LogP contribution is 2.33. The van der Waals surface area contributed by atoms with Gasteiger partial charge < -0.3 is 24.3 Å². The number of aromatic nitrogens is 2. The molecule has 4 heterocycles. The van der Waals surface area contributed by atoms with Crippen molar-refractivity contribution in [3.05, 3.63) is 70.0 Å². The third-order valence-corrected chi connectivity index (χ3v) is 12.4. The number of amides is 3. The fourth-order valence-electron chi connectivity index (χ4n) is 7.49. The van der Waals surface area contributed by atoms with Crippen LogP contribution in [-0.4, -0.2) is 126 Å². The largest absolute Gasteiger partial charge is 0.443 e. The summed E-state index contributed by atoms with van der Waals surface area (Å²) < 4.78 is 57.1. The van der Waals surface area contributed by atoms with E-state index in [1.54, 1.807) is 47.7 Å². The summed E-state index contributed by atoms with van der Waals surface area (Å²) in [5.74, 6) is -0.745. The second-order valence-corrected chi connectivity index (χ2v) is 19.8. The quantitative estimate of drug-likeness (QED) is 0.188. The molecule has 4 aromatic rings. The first-order chi connectivity index (χ1) is 30.5. The lowest BCUT2D eigenvalue weighted by Gasteiger charge is -2.26. The molecular weight excluding hydrogens is 912 g/mol. The molecule has 6 rings (SSSR count). The molecular formula is C43H57ClN12O8S2. The van der Waals surface area contributed by atoms with Crippen molar-refractivity contribution in [3.8, 4) is 12.1 Å². The second-order valence-electron chi connectivity index (χ2n) is 16.9. The summed E-state index contributed by atoms with van der Waals surface area (Å²) in [5, 5.41) is 26.1. The van der Waals surface area contributed by atoms with Crippen LogP contribution >= 0.6 is 12.4 Å². The van der Waals surface area contributed by atoms with Gasteiger partial charge in [-0.1, -0.05) is 0 Å². The molecule has 0 atom stereocenters. The predicted octanol–water partition coefficient (Wildman–Crippen LogP) is 3.10. The Labute approximate surface area is 392 Å². The number of hydrogen-bond acceptors (Lipinski definition) is 14. The molecule has 2 aromatic carbocycles. The van der Waals surface area contributed by atoms with Crippen LogP contribution in [0.4, 0.5) is 16.2 Å². The SMILES string of the molecule is Cc1cc2ncc(C#N)c(N3CCCN(C(=O)CNS(=O)(=O)NC(=O)OC(C)(C)C)CC3)c2cc1C.Cc1cc2ncc(C#N)c(N3CCCN(C(=O)CNS(N)(=O)=O)CC3)c2cc1C.Cl. The van der Waals surface area contributed by atoms with E-state index in [4.69, 9.17) is 9.88 Å². The number of anilines is 2. The first-order valence-corrected chi connectivity index (χ1v) is 24.0. The Morgan fingerprint density at radius 3 is 1.48 bits per heavy atom. The maximum atomic E-state index is 12.7. The molecule has 2 fully saturated rings. The number of carbonyl (C=O) groups is 3. The van der Waals surface area contributed by atoms with E-state index in [0.29, 0.717) is 76.3 Å². The summed E-state index contributed by atoms with van der Waals surface area (Å²) in [4.78, 5) is 53.1. The first kappa shape index (κ1) is 52.7. The summed E-state index contributed by atoms with van der Waals surface area (Å²) in [6, 6.07) is 12.6. The highest BCUT2D eigenvalue weighted by atomic mass is 35.5. The molecule has 356 valence electrons. The Bertz CT molecular complexity index is 2790. The number of nitrogens with two attached hydrogens (primary N) is 1. The van der Waals surface area contributed by atoms with Crippen LogP contribution in [0.1, 0.15) is 67.0 Å². The van der Waals surface area contributed by atoms with Crippen LogP contribution in [0.5, 0.6) is 0 Å². The zero-order valence-corrected chi connectivity index (χ0v) is 40.5. The van der Waals surface area contributed by atoms with Gasteiger partial charge in [-0.3, -0.25) is 19.6 Å². The summed E-state index contributed by atoms with van der Waals surface area (Å²) in [6.45, 7) is 16.0. The van der Waals surface area contributed by atoms with Crippen LogP contribution in [-0.2, 0) is 34.7 Å². The fourth-order valence-corrected chi connectivity index (χ4v) is 8.46. The lowest BCUT2D eigenvalue weighted by molar-refractivity contribution is -0.130. The summed E-state index contributed by atoms with van der Waals surface area (Å²) in [6.07, 6.45) is 3.37. The molecule has 3 amide bonds. The highest BCUT2D eigenvalue weighted by molar-refractivity contribution is 7.88. The average molecular weight is 970 g/mol. The third kappa shape index (κ3) is 14.1. The summed E-state index contributed by atoms with van der Waals surface area (Å²) in [7, 11) is -8.18. The van der Waals surface area contributed by atoms with Gasteiger partial charge in [0.05, 0.1) is 46.6 Å². The lowest BCUT2D eigenvalue weighted by atomic mass is 10.0. The van der Waals surface area contributed by atoms with Crippen molar-refractivity contribution in [1.82, 2.24) is 33.9 Å². The number of carbonyl (C=O) groups excluding carboxylic acids is 3. The van der Waals surface area contributed by atoms with E-state index in [-0.39, 0.29) is 24.9 Å². The molecule has 0 radical (unpaired) electrons. The Balaban J connectivity index is 0.000000290. The van der Waals surface area contributed by atoms with Crippen LogP contribution in [0.2, 0.25) is 0 Å². The maximum absolute atomic E-state index is 12.7. The number of ether oxygens (including phenoxy) is 1. The van der Waals surface area contributed by atoms with Gasteiger partial charge >= 0.3 is 16.3 Å². The molecule has 20 nitrogen and oxygen atoms in total. The van der Waals surface area contributed by atoms with Crippen molar-refractivity contribution in [2.75, 3.05) is 75.2 Å². The van der Waals surface area contributed by atoms with Gasteiger partial charge in [-0.25, -0.2) is 14.7 Å². The van der Waals surface area contributed by atoms with Gasteiger partial charge in [0.25, 0.3) is 10.2 Å². The molecule has 2 aliphatic rings. The molecule has 0 bridgehead atoms. The molecule has 66 heavy (non-hydrogen) atoms. The van der Waals surface area contributed by atoms with Crippen molar-refractivity contribution >= 4 is 83.9 Å². The molecule has 0 spiro atoms. The zero-order valence-electron chi connectivity index (χ0n) is 38.1. The van der Waals surface area contributed by atoms with Crippen molar-refractivity contribution < 1.29 is 36.0 Å². The molecule has 23 heteroatoms. The van der Waals surface area contributed by atoms with E-state index in [9.17, 15) is 41.7 Å². The minimum absolute atomic E-state index is 0. The maximum Gasteiger partial charge on any atom is 0.422 e. The first-order valence-electron chi connectivity index (χ1n) is 20.9. The molecule has 2 saturated heterocycles. The van der Waals surface area contributed by atoms with Gasteiger partial charge in [-0.05, 0) is 108 Å². The monoisotopic (exact) mass is 968 g/mol. The van der Waals surface area contributed by atoms with Crippen molar-refractivity contribution in [2.24, 2.45) is 5.14 Å². The number of hydrogen-bond donors (Lipinski definition) is 4. The lowest BCUT2D eigenvalue weighted by Crippen LogP contribution is -2.47. The van der Waals surface area contributed by atoms with Crippen LogP contribution in [0.25, 0.3) is 21.8 Å². The van der Waals surface area contributed by atoms with E-state index < -0.39 is 44.6 Å². The van der Waals surface area contributed by atoms with E-state index in [0.717, 1.165) is 55.4 Å². The number of rotatable bonds is 9. The van der Waals surface area contributed by atoms with E-state index >= 15 is 0 Å². The van der Waals surface area contributed by atoms with E-state index in [1.807, 2.05) is 50.6 Å². The molecule has 0 unspecified atom stereocenters. The topological polar surface area (TPSA) is 277 Å². The minimum atomic E-state index is -4.27. The van der Waals surface area contributed by atoms with Gasteiger partial charge in [-0.2, -0.15) is 36.8 Å². The number of nitriles is 2. The van der Waals surface area contributed by atoms with Crippen molar-refractivity contribution in [2.45, 2.75) is 66.9 Å². The highest BCUT2D eigenvalue weighted by Gasteiger charge is 2.27. The average Bonchev–Trinajstić information content (AvgIpc) is 3.63. The number of nitrogens with zero attached hydrogens (tertiary/aromatic N) is 8. The standard InChI is InChI=1S/C24H32N6O5S.C19H24N6O3S.ClH/c1-16-11-19-20(12-17(16)2)26-14-18(13-25)22(19)30-8-6-7-29(9-10-30)21(31)15-27-36(33,34)28-23(32)35-24(3,4)5;1-13-8-16-17(9-14(13)2)22-11-15(10-20)19(16)25-5-3-4-24(6-7-25)18(26)12-23-29(21,27)28;/h11-12,14,27H,6-10,15H2,1-5H3,(H,28,32);8-9,11,23H,3-7,12H2,1-2H3,(H2,21,27,28);1H. The van der Waals surface area contributed by atoms with Gasteiger partial charge in [0.1, 0.15) is 17.7 Å². The Kier molecular flexibility index (Phi) is 17.6. The van der Waals surface area contributed by atoms with Crippen LogP contribution in [0, 0.1) is 50.4 Å². The summed E-state index contributed by atoms with van der Waals surface area (Å²) >= 11 is 0. The van der Waals surface area contributed by atoms with Gasteiger partial charge in [0, 0.05) is 75.5 Å². The Morgan fingerprint density at radius 1 is 0.682 bits per heavy atom. The minimum Gasteiger partial charge on any atom is -0.443 e. The molecule has 0 saturated carbocycles. The molecule has 2 aliphatic heterocycles. The number of fused-ring (bicyclic) bond motifs is 2. The number of nitrogens with one attached hydrogen (secondary N) is 3. The zero-order chi connectivity index (χ0) is 47.9. The number of pyridine rings is 2. The Morgan fingerprint density at radius 2 is 1.09 bits per heavy atom. The normalized spacial score (nSPS) is 14.8. The van der Waals surface area contributed by atoms with Gasteiger partial charge in [0.15, 0.2) is 0 Å². The summed E-state index contributed by atoms with van der Waals surface area (Å²) in [5.41, 5.74) is 7.82. The van der Waals surface area contributed by atoms with E-state index in [1.165, 1.54) is 0 Å². The van der Waals surface area contributed by atoms with Gasteiger partial charge in [0.2, 0.25) is 11.8 Å². The second kappa shape index (κ2) is 22.1. The number of benzene rings is 2. The van der Waals surface area contributed by atoms with E-state index in [2.05, 4.69) is 42.7 Å². The number of aryl methyl sites for hydroxylation is 4. The molecule has 0 aliphatic carbocycles. The smallest absolute Gasteiger partial charge is 0.422 e. The van der Waals surface area contributed by atoms with Crippen LogP contribution in [0.3, 0.4) is 0 Å². The fraction of sp³-hybridized carbons (Fsp3) is 0.465. The van der Waals surface area contributed by atoms with Crippen LogP contribution in [0.15, 0.2) is 36.7 Å². The van der Waals surface area contributed by atoms with Gasteiger partial charge in [-0.15, -0.1) is 12.4 Å². The van der Waals surface area contributed by atoms with Crippen molar-refractivity contribution in [1.29, 1.82) is 10.5 Å². The molecule has 5 N–H and O–H groups in total. The Hall–Kier alpha value is -5.88. The predicted molar refractivity (Wildman–Crippen MR) is 253 cm³/mol. The van der Waals surface area contributed by atoms with Crippen molar-refractivity contribution in [3.63, 3.8) is 0 Å².